The van der Waals surface area contributed by atoms with Crippen molar-refractivity contribution >= 4 is 24.1 Å². The van der Waals surface area contributed by atoms with Gasteiger partial charge in [0.15, 0.2) is 0 Å². The molecule has 2 atom stereocenters. The van der Waals surface area contributed by atoms with Crippen LogP contribution in [-0.2, 0) is 16.1 Å². The summed E-state index contributed by atoms with van der Waals surface area (Å²) in [5.74, 6) is -0.722. The molecule has 0 radical (unpaired) electrons. The molecule has 4 rings (SSSR count). The molecule has 1 heterocycles. The fourth-order valence-electron chi connectivity index (χ4n) is 4.48. The lowest BCUT2D eigenvalue weighted by Crippen LogP contribution is -2.40. The number of piperidine rings is 1. The molecule has 1 N–H and O–H groups in total. The fraction of sp³-hybridized carbons (Fsp3) is 0.417. The fourth-order valence-corrected chi connectivity index (χ4v) is 4.48. The molecular weight excluding hydrogens is 400 g/mol. The summed E-state index contributed by atoms with van der Waals surface area (Å²) in [5, 5.41) is 13.8. The number of aliphatic carboxylic acids is 1. The lowest BCUT2D eigenvalue weighted by atomic mass is 9.78. The van der Waals surface area contributed by atoms with Crippen LogP contribution < -0.4 is 0 Å². The zero-order chi connectivity index (χ0) is 20.1. The Labute approximate surface area is 184 Å². The molecule has 30 heavy (non-hydrogen) atoms. The minimum absolute atomic E-state index is 0. The van der Waals surface area contributed by atoms with E-state index in [1.807, 2.05) is 6.07 Å². The van der Waals surface area contributed by atoms with Gasteiger partial charge in [0, 0.05) is 24.6 Å². The van der Waals surface area contributed by atoms with Gasteiger partial charge in [-0.05, 0) is 43.4 Å². The first-order chi connectivity index (χ1) is 14.2. The summed E-state index contributed by atoms with van der Waals surface area (Å²) in [6.07, 6.45) is 3.76. The number of likely N-dealkylation sites (tertiary alicyclic amines) is 1. The standard InChI is InChI=1S/C24H28N2O3.ClH/c27-24(28)20-10-6-14-26(17-20)15-16-29-25-23-21-11-5-4-9-19(21)12-13-22(23)18-7-2-1-3-8-18;/h1-5,7-9,11,20,22H,6,10,12-17H2,(H,27,28);1H/b25-23+;/t20-,22?;/m1./s1. The summed E-state index contributed by atoms with van der Waals surface area (Å²) in [7, 11) is 0. The monoisotopic (exact) mass is 428 g/mol. The van der Waals surface area contributed by atoms with Crippen LogP contribution in [0.5, 0.6) is 0 Å². The summed E-state index contributed by atoms with van der Waals surface area (Å²) in [6.45, 7) is 2.71. The highest BCUT2D eigenvalue weighted by molar-refractivity contribution is 6.06. The Morgan fingerprint density at radius 3 is 2.67 bits per heavy atom. The maximum atomic E-state index is 11.2. The van der Waals surface area contributed by atoms with Crippen molar-refractivity contribution in [3.8, 4) is 0 Å². The number of benzene rings is 2. The van der Waals surface area contributed by atoms with Gasteiger partial charge in [-0.1, -0.05) is 59.8 Å². The molecule has 1 saturated heterocycles. The van der Waals surface area contributed by atoms with Crippen molar-refractivity contribution in [3.05, 3.63) is 71.3 Å². The van der Waals surface area contributed by atoms with Crippen molar-refractivity contribution in [2.24, 2.45) is 11.1 Å². The van der Waals surface area contributed by atoms with E-state index in [1.165, 1.54) is 16.7 Å². The largest absolute Gasteiger partial charge is 0.481 e. The van der Waals surface area contributed by atoms with Crippen LogP contribution in [0.15, 0.2) is 59.8 Å². The predicted molar refractivity (Wildman–Crippen MR) is 120 cm³/mol. The van der Waals surface area contributed by atoms with Gasteiger partial charge in [0.05, 0.1) is 11.6 Å². The third kappa shape index (κ3) is 5.21. The quantitative estimate of drug-likeness (QED) is 0.548. The first-order valence-corrected chi connectivity index (χ1v) is 10.5. The van der Waals surface area contributed by atoms with E-state index in [1.54, 1.807) is 0 Å². The van der Waals surface area contributed by atoms with Gasteiger partial charge in [-0.15, -0.1) is 12.4 Å². The van der Waals surface area contributed by atoms with E-state index in [2.05, 4.69) is 58.6 Å². The second-order valence-corrected chi connectivity index (χ2v) is 7.95. The number of carboxylic acid groups (broad SMARTS) is 1. The second-order valence-electron chi connectivity index (χ2n) is 7.95. The molecule has 1 aliphatic heterocycles. The molecule has 2 aliphatic rings. The average molecular weight is 429 g/mol. The van der Waals surface area contributed by atoms with E-state index in [-0.39, 0.29) is 24.2 Å². The molecule has 1 fully saturated rings. The van der Waals surface area contributed by atoms with Crippen molar-refractivity contribution < 1.29 is 14.7 Å². The van der Waals surface area contributed by atoms with Crippen LogP contribution in [-0.4, -0.2) is 47.9 Å². The molecular formula is C24H29ClN2O3. The number of fused-ring (bicyclic) bond motifs is 1. The lowest BCUT2D eigenvalue weighted by Gasteiger charge is -2.30. The van der Waals surface area contributed by atoms with Crippen molar-refractivity contribution in [2.75, 3.05) is 26.2 Å². The Kier molecular flexibility index (Phi) is 7.88. The minimum Gasteiger partial charge on any atom is -0.481 e. The molecule has 1 aliphatic carbocycles. The molecule has 6 heteroatoms. The molecule has 2 aromatic rings. The molecule has 2 aromatic carbocycles. The van der Waals surface area contributed by atoms with E-state index < -0.39 is 5.97 Å². The lowest BCUT2D eigenvalue weighted by molar-refractivity contribution is -0.143. The third-order valence-corrected chi connectivity index (χ3v) is 6.04. The Balaban J connectivity index is 0.00000256. The van der Waals surface area contributed by atoms with Crippen LogP contribution in [0, 0.1) is 5.92 Å². The Hall–Kier alpha value is -2.37. The topological polar surface area (TPSA) is 62.1 Å². The number of hydrogen-bond acceptors (Lipinski definition) is 4. The van der Waals surface area contributed by atoms with Gasteiger partial charge >= 0.3 is 5.97 Å². The van der Waals surface area contributed by atoms with E-state index in [0.717, 1.165) is 37.9 Å². The van der Waals surface area contributed by atoms with Gasteiger partial charge < -0.3 is 9.94 Å². The van der Waals surface area contributed by atoms with E-state index in [9.17, 15) is 9.90 Å². The molecule has 0 amide bonds. The van der Waals surface area contributed by atoms with Crippen LogP contribution in [0.4, 0.5) is 0 Å². The SMILES string of the molecule is Cl.O=C(O)[C@@H]1CCCN(CCO/N=C2\c3ccccc3CCC2c2ccccc2)C1. The van der Waals surface area contributed by atoms with Crippen LogP contribution in [0.25, 0.3) is 0 Å². The van der Waals surface area contributed by atoms with Gasteiger partial charge in [0.1, 0.15) is 6.61 Å². The minimum atomic E-state index is -0.694. The summed E-state index contributed by atoms with van der Waals surface area (Å²) in [5.41, 5.74) is 4.77. The maximum absolute atomic E-state index is 11.2. The van der Waals surface area contributed by atoms with Gasteiger partial charge in [-0.3, -0.25) is 9.69 Å². The zero-order valence-electron chi connectivity index (χ0n) is 17.1. The molecule has 5 nitrogen and oxygen atoms in total. The molecule has 0 spiro atoms. The first kappa shape index (κ1) is 22.3. The second kappa shape index (κ2) is 10.6. The van der Waals surface area contributed by atoms with Gasteiger partial charge in [0.2, 0.25) is 0 Å². The number of hydrogen-bond donors (Lipinski definition) is 1. The highest BCUT2D eigenvalue weighted by atomic mass is 35.5. The molecule has 0 aromatic heterocycles. The van der Waals surface area contributed by atoms with Crippen LogP contribution >= 0.6 is 12.4 Å². The Morgan fingerprint density at radius 2 is 1.87 bits per heavy atom. The highest BCUT2D eigenvalue weighted by Gasteiger charge is 2.28. The highest BCUT2D eigenvalue weighted by Crippen LogP contribution is 2.33. The van der Waals surface area contributed by atoms with Crippen molar-refractivity contribution in [1.29, 1.82) is 0 Å². The molecule has 0 saturated carbocycles. The molecule has 0 bridgehead atoms. The predicted octanol–water partition coefficient (Wildman–Crippen LogP) is 4.36. The number of nitrogens with zero attached hydrogens (tertiary/aromatic N) is 2. The maximum Gasteiger partial charge on any atom is 0.307 e. The Morgan fingerprint density at radius 1 is 1.10 bits per heavy atom. The van der Waals surface area contributed by atoms with E-state index >= 15 is 0 Å². The summed E-state index contributed by atoms with van der Waals surface area (Å²) < 4.78 is 0. The van der Waals surface area contributed by atoms with Gasteiger partial charge in [0.25, 0.3) is 0 Å². The number of rotatable bonds is 6. The molecule has 1 unspecified atom stereocenters. The van der Waals surface area contributed by atoms with Crippen molar-refractivity contribution in [2.45, 2.75) is 31.6 Å². The summed E-state index contributed by atoms with van der Waals surface area (Å²) >= 11 is 0. The summed E-state index contributed by atoms with van der Waals surface area (Å²) in [4.78, 5) is 19.2. The first-order valence-electron chi connectivity index (χ1n) is 10.5. The zero-order valence-corrected chi connectivity index (χ0v) is 17.9. The number of oxime groups is 1. The van der Waals surface area contributed by atoms with E-state index in [4.69, 9.17) is 4.84 Å². The number of carboxylic acids is 1. The molecule has 160 valence electrons. The van der Waals surface area contributed by atoms with Gasteiger partial charge in [-0.2, -0.15) is 0 Å². The van der Waals surface area contributed by atoms with Crippen LogP contribution in [0.1, 0.15) is 41.9 Å². The summed E-state index contributed by atoms with van der Waals surface area (Å²) in [6, 6.07) is 18.9. The van der Waals surface area contributed by atoms with Crippen LogP contribution in [0.3, 0.4) is 0 Å². The van der Waals surface area contributed by atoms with Gasteiger partial charge in [-0.25, -0.2) is 0 Å². The van der Waals surface area contributed by atoms with Crippen molar-refractivity contribution in [1.82, 2.24) is 4.90 Å². The number of carbonyl (C=O) groups is 1. The Bertz CT molecular complexity index is 872. The van der Waals surface area contributed by atoms with Crippen LogP contribution in [0.2, 0.25) is 0 Å². The average Bonchev–Trinajstić information content (AvgIpc) is 2.77. The number of aryl methyl sites for hydroxylation is 1. The van der Waals surface area contributed by atoms with E-state index in [0.29, 0.717) is 19.7 Å². The number of halogens is 1. The van der Waals surface area contributed by atoms with Crippen molar-refractivity contribution in [3.63, 3.8) is 0 Å². The smallest absolute Gasteiger partial charge is 0.307 e. The third-order valence-electron chi connectivity index (χ3n) is 6.04. The normalized spacial score (nSPS) is 22.7.